The summed E-state index contributed by atoms with van der Waals surface area (Å²) in [6.07, 6.45) is 3.25. The predicted octanol–water partition coefficient (Wildman–Crippen LogP) is 2.61. The highest BCUT2D eigenvalue weighted by Gasteiger charge is 2.56. The molecule has 0 heterocycles. The molecule has 1 fully saturated rings. The largest absolute Gasteiger partial charge is 0.390 e. The second kappa shape index (κ2) is 2.78. The molecule has 0 aliphatic heterocycles. The maximum absolute atomic E-state index is 13.3. The van der Waals surface area contributed by atoms with E-state index in [4.69, 9.17) is 5.11 Å². The van der Waals surface area contributed by atoms with E-state index in [0.29, 0.717) is 5.92 Å². The number of hydrogen-bond acceptors (Lipinski definition) is 1. The van der Waals surface area contributed by atoms with E-state index in [9.17, 15) is 8.78 Å². The van der Waals surface area contributed by atoms with Gasteiger partial charge >= 0.3 is 0 Å². The molecule has 3 rings (SSSR count). The van der Waals surface area contributed by atoms with Crippen molar-refractivity contribution in [2.24, 2.45) is 17.3 Å². The number of aliphatic hydroxyl groups is 1. The van der Waals surface area contributed by atoms with Crippen LogP contribution in [0.1, 0.15) is 26.7 Å². The van der Waals surface area contributed by atoms with Gasteiger partial charge in [-0.15, -0.1) is 0 Å². The molecule has 2 unspecified atom stereocenters. The van der Waals surface area contributed by atoms with E-state index >= 15 is 0 Å². The summed E-state index contributed by atoms with van der Waals surface area (Å²) in [5, 5.41) is 8.66. The SMILES string of the molecule is CC1(C)C2CC=C(C(F)(F)CO)C1C2. The Kier molecular flexibility index (Phi) is 2.01. The van der Waals surface area contributed by atoms with Crippen LogP contribution in [0, 0.1) is 17.3 Å². The first-order valence-electron chi connectivity index (χ1n) is 5.09. The Morgan fingerprint density at radius 3 is 2.64 bits per heavy atom. The Hall–Kier alpha value is -0.440. The first kappa shape index (κ1) is 10.1. The first-order valence-corrected chi connectivity index (χ1v) is 5.09. The molecule has 2 bridgehead atoms. The number of hydrogen-bond donors (Lipinski definition) is 1. The van der Waals surface area contributed by atoms with Crippen molar-refractivity contribution < 1.29 is 13.9 Å². The van der Waals surface area contributed by atoms with Gasteiger partial charge in [-0.05, 0) is 30.1 Å². The quantitative estimate of drug-likeness (QED) is 0.682. The molecule has 0 aromatic carbocycles. The molecule has 1 nitrogen and oxygen atoms in total. The zero-order valence-electron chi connectivity index (χ0n) is 8.56. The van der Waals surface area contributed by atoms with Crippen LogP contribution in [0.15, 0.2) is 11.6 Å². The van der Waals surface area contributed by atoms with Crippen LogP contribution in [0.3, 0.4) is 0 Å². The van der Waals surface area contributed by atoms with Gasteiger partial charge in [0.05, 0.1) is 0 Å². The molecule has 0 amide bonds. The number of halogens is 2. The molecule has 1 saturated carbocycles. The van der Waals surface area contributed by atoms with Gasteiger partial charge in [0, 0.05) is 5.57 Å². The van der Waals surface area contributed by atoms with Crippen molar-refractivity contribution in [2.75, 3.05) is 6.61 Å². The van der Waals surface area contributed by atoms with Crippen molar-refractivity contribution in [1.29, 1.82) is 0 Å². The highest BCUT2D eigenvalue weighted by molar-refractivity contribution is 5.28. The molecular weight excluding hydrogens is 186 g/mol. The van der Waals surface area contributed by atoms with E-state index in [2.05, 4.69) is 0 Å². The van der Waals surface area contributed by atoms with Gasteiger partial charge < -0.3 is 5.11 Å². The Morgan fingerprint density at radius 2 is 2.21 bits per heavy atom. The topological polar surface area (TPSA) is 20.2 Å². The average Bonchev–Trinajstić information content (AvgIpc) is 2.17. The molecular formula is C11H16F2O. The van der Waals surface area contributed by atoms with E-state index in [0.717, 1.165) is 12.8 Å². The molecule has 0 spiro atoms. The lowest BCUT2D eigenvalue weighted by Crippen LogP contribution is -2.51. The Balaban J connectivity index is 2.27. The standard InChI is InChI=1S/C11H16F2O/c1-10(2)7-3-4-8(9(10)5-7)11(12,13)6-14/h4,7,9,14H,3,5-6H2,1-2H3. The zero-order chi connectivity index (χ0) is 10.6. The fraction of sp³-hybridized carbons (Fsp3) is 0.818. The molecule has 3 aliphatic carbocycles. The predicted molar refractivity (Wildman–Crippen MR) is 50.1 cm³/mol. The van der Waals surface area contributed by atoms with Crippen LogP contribution in [0.5, 0.6) is 0 Å². The minimum atomic E-state index is -3.01. The number of aliphatic hydroxyl groups excluding tert-OH is 1. The van der Waals surface area contributed by atoms with Crippen molar-refractivity contribution >= 4 is 0 Å². The third-order valence-corrected chi connectivity index (χ3v) is 4.09. The van der Waals surface area contributed by atoms with E-state index in [1.54, 1.807) is 6.08 Å². The van der Waals surface area contributed by atoms with E-state index in [1.807, 2.05) is 13.8 Å². The zero-order valence-corrected chi connectivity index (χ0v) is 8.56. The lowest BCUT2D eigenvalue weighted by Gasteiger charge is -2.57. The molecule has 0 aromatic heterocycles. The van der Waals surface area contributed by atoms with Crippen molar-refractivity contribution in [2.45, 2.75) is 32.6 Å². The fourth-order valence-electron chi connectivity index (χ4n) is 2.85. The molecule has 2 atom stereocenters. The molecule has 0 saturated heterocycles. The lowest BCUT2D eigenvalue weighted by atomic mass is 9.48. The number of allylic oxidation sites excluding steroid dienone is 1. The molecule has 14 heavy (non-hydrogen) atoms. The molecule has 0 aromatic rings. The summed E-state index contributed by atoms with van der Waals surface area (Å²) in [7, 11) is 0. The van der Waals surface area contributed by atoms with E-state index < -0.39 is 12.5 Å². The van der Waals surface area contributed by atoms with Gasteiger partial charge in [-0.3, -0.25) is 0 Å². The molecule has 3 aliphatic rings. The molecule has 80 valence electrons. The van der Waals surface area contributed by atoms with Crippen molar-refractivity contribution in [3.63, 3.8) is 0 Å². The Labute approximate surface area is 82.8 Å². The van der Waals surface area contributed by atoms with Gasteiger partial charge in [-0.2, -0.15) is 8.78 Å². The van der Waals surface area contributed by atoms with Crippen LogP contribution in [0.25, 0.3) is 0 Å². The third-order valence-electron chi connectivity index (χ3n) is 4.09. The van der Waals surface area contributed by atoms with E-state index in [-0.39, 0.29) is 16.9 Å². The summed E-state index contributed by atoms with van der Waals surface area (Å²) in [6, 6.07) is 0. The van der Waals surface area contributed by atoms with Crippen LogP contribution in [0.2, 0.25) is 0 Å². The van der Waals surface area contributed by atoms with Gasteiger partial charge in [-0.25, -0.2) is 0 Å². The van der Waals surface area contributed by atoms with Crippen LogP contribution in [0.4, 0.5) is 8.78 Å². The number of fused-ring (bicyclic) bond motifs is 1. The van der Waals surface area contributed by atoms with Crippen molar-refractivity contribution in [3.05, 3.63) is 11.6 Å². The monoisotopic (exact) mass is 202 g/mol. The number of rotatable bonds is 2. The second-order valence-electron chi connectivity index (χ2n) is 5.06. The maximum atomic E-state index is 13.3. The highest BCUT2D eigenvalue weighted by atomic mass is 19.3. The summed E-state index contributed by atoms with van der Waals surface area (Å²) in [5.41, 5.74) is 0.176. The van der Waals surface area contributed by atoms with Crippen LogP contribution in [-0.2, 0) is 0 Å². The first-order chi connectivity index (χ1) is 6.39. The summed E-state index contributed by atoms with van der Waals surface area (Å²) < 4.78 is 26.7. The molecule has 3 heteroatoms. The minimum Gasteiger partial charge on any atom is -0.390 e. The average molecular weight is 202 g/mol. The minimum absolute atomic E-state index is 0.00266. The van der Waals surface area contributed by atoms with Crippen LogP contribution >= 0.6 is 0 Å². The van der Waals surface area contributed by atoms with Crippen molar-refractivity contribution in [3.8, 4) is 0 Å². The van der Waals surface area contributed by atoms with Gasteiger partial charge in [0.15, 0.2) is 0 Å². The fourth-order valence-corrected chi connectivity index (χ4v) is 2.85. The Morgan fingerprint density at radius 1 is 1.57 bits per heavy atom. The summed E-state index contributed by atoms with van der Waals surface area (Å²) >= 11 is 0. The second-order valence-corrected chi connectivity index (χ2v) is 5.06. The molecule has 0 radical (unpaired) electrons. The van der Waals surface area contributed by atoms with Crippen molar-refractivity contribution in [1.82, 2.24) is 0 Å². The van der Waals surface area contributed by atoms with Crippen LogP contribution < -0.4 is 0 Å². The summed E-state index contributed by atoms with van der Waals surface area (Å²) in [4.78, 5) is 0. The smallest absolute Gasteiger partial charge is 0.292 e. The van der Waals surface area contributed by atoms with E-state index in [1.165, 1.54) is 0 Å². The summed E-state index contributed by atoms with van der Waals surface area (Å²) in [6.45, 7) is 3.04. The van der Waals surface area contributed by atoms with Crippen LogP contribution in [-0.4, -0.2) is 17.6 Å². The van der Waals surface area contributed by atoms with Gasteiger partial charge in [0.25, 0.3) is 5.92 Å². The summed E-state index contributed by atoms with van der Waals surface area (Å²) in [5.74, 6) is -2.47. The highest BCUT2D eigenvalue weighted by Crippen LogP contribution is 2.61. The normalized spacial score (nSPS) is 34.8. The Bertz CT molecular complexity index is 281. The van der Waals surface area contributed by atoms with Gasteiger partial charge in [0.2, 0.25) is 0 Å². The van der Waals surface area contributed by atoms with Gasteiger partial charge in [0.1, 0.15) is 6.61 Å². The third kappa shape index (κ3) is 1.14. The maximum Gasteiger partial charge on any atom is 0.292 e. The van der Waals surface area contributed by atoms with Gasteiger partial charge in [-0.1, -0.05) is 19.9 Å². The lowest BCUT2D eigenvalue weighted by molar-refractivity contribution is -0.0782. The molecule has 1 N–H and O–H groups in total. The number of alkyl halides is 2.